The Kier molecular flexibility index (Phi) is 6.13. The van der Waals surface area contributed by atoms with Crippen LogP contribution in [0.4, 0.5) is 5.69 Å². The summed E-state index contributed by atoms with van der Waals surface area (Å²) in [6.45, 7) is 3.70. The number of rotatable bonds is 5. The SMILES string of the molecule is O=C(O)c1ccc(NC2CCCN(CC3CCCCC3)CC2)cc1. The third-order valence-corrected chi connectivity index (χ3v) is 5.56. The lowest BCUT2D eigenvalue weighted by molar-refractivity contribution is 0.0697. The molecule has 4 nitrogen and oxygen atoms in total. The smallest absolute Gasteiger partial charge is 0.335 e. The molecular formula is C20H30N2O2. The monoisotopic (exact) mass is 330 g/mol. The van der Waals surface area contributed by atoms with Gasteiger partial charge in [-0.15, -0.1) is 0 Å². The second-order valence-corrected chi connectivity index (χ2v) is 7.46. The van der Waals surface area contributed by atoms with Crippen molar-refractivity contribution < 1.29 is 9.90 Å². The highest BCUT2D eigenvalue weighted by atomic mass is 16.4. The Morgan fingerprint density at radius 2 is 1.75 bits per heavy atom. The van der Waals surface area contributed by atoms with Gasteiger partial charge in [-0.05, 0) is 68.8 Å². The van der Waals surface area contributed by atoms with Crippen LogP contribution in [0.2, 0.25) is 0 Å². The maximum absolute atomic E-state index is 10.9. The van der Waals surface area contributed by atoms with E-state index in [0.717, 1.165) is 11.6 Å². The Balaban J connectivity index is 1.47. The number of carboxylic acids is 1. The first-order valence-electron chi connectivity index (χ1n) is 9.53. The van der Waals surface area contributed by atoms with Crippen molar-refractivity contribution in [1.29, 1.82) is 0 Å². The molecule has 1 unspecified atom stereocenters. The molecule has 1 saturated heterocycles. The summed E-state index contributed by atoms with van der Waals surface area (Å²) in [6, 6.07) is 7.62. The second kappa shape index (κ2) is 8.52. The van der Waals surface area contributed by atoms with Gasteiger partial charge >= 0.3 is 5.97 Å². The Morgan fingerprint density at radius 1 is 1.00 bits per heavy atom. The first kappa shape index (κ1) is 17.3. The van der Waals surface area contributed by atoms with Crippen molar-refractivity contribution in [3.8, 4) is 0 Å². The lowest BCUT2D eigenvalue weighted by Gasteiger charge is -2.28. The number of benzene rings is 1. The minimum atomic E-state index is -0.866. The zero-order valence-electron chi connectivity index (χ0n) is 14.5. The minimum Gasteiger partial charge on any atom is -0.478 e. The summed E-state index contributed by atoms with van der Waals surface area (Å²) in [6.07, 6.45) is 10.8. The molecule has 0 spiro atoms. The normalized spacial score (nSPS) is 23.6. The van der Waals surface area contributed by atoms with Crippen LogP contribution < -0.4 is 5.32 Å². The zero-order valence-corrected chi connectivity index (χ0v) is 14.5. The van der Waals surface area contributed by atoms with E-state index in [1.54, 1.807) is 12.1 Å². The van der Waals surface area contributed by atoms with Gasteiger partial charge in [0.1, 0.15) is 0 Å². The predicted molar refractivity (Wildman–Crippen MR) is 97.7 cm³/mol. The molecule has 1 heterocycles. The van der Waals surface area contributed by atoms with Crippen LogP contribution in [0, 0.1) is 5.92 Å². The van der Waals surface area contributed by atoms with Crippen molar-refractivity contribution >= 4 is 11.7 Å². The van der Waals surface area contributed by atoms with Crippen LogP contribution in [-0.4, -0.2) is 41.7 Å². The summed E-state index contributed by atoms with van der Waals surface area (Å²) in [5, 5.41) is 12.6. The molecule has 0 bridgehead atoms. The van der Waals surface area contributed by atoms with Gasteiger partial charge < -0.3 is 15.3 Å². The third kappa shape index (κ3) is 4.97. The standard InChI is InChI=1S/C20H30N2O2/c23-20(24)17-8-10-19(11-9-17)21-18-7-4-13-22(14-12-18)15-16-5-2-1-3-6-16/h8-11,16,18,21H,1-7,12-15H2,(H,23,24). The van der Waals surface area contributed by atoms with Gasteiger partial charge in [0, 0.05) is 24.8 Å². The number of hydrogen-bond acceptors (Lipinski definition) is 3. The Bertz CT molecular complexity index is 523. The fourth-order valence-electron chi connectivity index (χ4n) is 4.16. The maximum atomic E-state index is 10.9. The number of nitrogens with one attached hydrogen (secondary N) is 1. The Morgan fingerprint density at radius 3 is 2.46 bits per heavy atom. The summed E-state index contributed by atoms with van der Waals surface area (Å²) in [5.74, 6) is 0.0567. The first-order valence-corrected chi connectivity index (χ1v) is 9.53. The van der Waals surface area contributed by atoms with Crippen molar-refractivity contribution in [3.63, 3.8) is 0 Å². The van der Waals surface area contributed by atoms with E-state index in [-0.39, 0.29) is 0 Å². The molecule has 1 aromatic carbocycles. The van der Waals surface area contributed by atoms with Crippen LogP contribution in [0.3, 0.4) is 0 Å². The van der Waals surface area contributed by atoms with E-state index in [4.69, 9.17) is 5.11 Å². The lowest BCUT2D eigenvalue weighted by atomic mass is 9.89. The van der Waals surface area contributed by atoms with E-state index < -0.39 is 5.97 Å². The number of anilines is 1. The van der Waals surface area contributed by atoms with Crippen molar-refractivity contribution in [2.45, 2.75) is 57.4 Å². The summed E-state index contributed by atoms with van der Waals surface area (Å²) in [4.78, 5) is 13.6. The molecular weight excluding hydrogens is 300 g/mol. The average molecular weight is 330 g/mol. The van der Waals surface area contributed by atoms with E-state index in [1.807, 2.05) is 12.1 Å². The van der Waals surface area contributed by atoms with Crippen molar-refractivity contribution in [2.24, 2.45) is 5.92 Å². The molecule has 1 atom stereocenters. The van der Waals surface area contributed by atoms with E-state index in [9.17, 15) is 4.79 Å². The van der Waals surface area contributed by atoms with Crippen LogP contribution >= 0.6 is 0 Å². The van der Waals surface area contributed by atoms with Crippen LogP contribution in [0.25, 0.3) is 0 Å². The van der Waals surface area contributed by atoms with Gasteiger partial charge in [-0.25, -0.2) is 4.79 Å². The fraction of sp³-hybridized carbons (Fsp3) is 0.650. The van der Waals surface area contributed by atoms with Gasteiger partial charge in [0.05, 0.1) is 5.56 Å². The predicted octanol–water partition coefficient (Wildman–Crippen LogP) is 4.23. The maximum Gasteiger partial charge on any atom is 0.335 e. The number of aromatic carboxylic acids is 1. The highest BCUT2D eigenvalue weighted by Crippen LogP contribution is 2.26. The second-order valence-electron chi connectivity index (χ2n) is 7.46. The average Bonchev–Trinajstić information content (AvgIpc) is 2.82. The summed E-state index contributed by atoms with van der Waals surface area (Å²) in [7, 11) is 0. The summed E-state index contributed by atoms with van der Waals surface area (Å²) in [5.41, 5.74) is 1.38. The molecule has 1 aliphatic heterocycles. The molecule has 1 aliphatic carbocycles. The largest absolute Gasteiger partial charge is 0.478 e. The molecule has 3 rings (SSSR count). The van der Waals surface area contributed by atoms with Gasteiger partial charge in [-0.1, -0.05) is 19.3 Å². The van der Waals surface area contributed by atoms with Crippen LogP contribution in [0.1, 0.15) is 61.7 Å². The topological polar surface area (TPSA) is 52.6 Å². The van der Waals surface area contributed by atoms with Crippen molar-refractivity contribution in [3.05, 3.63) is 29.8 Å². The molecule has 0 radical (unpaired) electrons. The first-order chi connectivity index (χ1) is 11.7. The molecule has 0 amide bonds. The van der Waals surface area contributed by atoms with Gasteiger partial charge in [0.15, 0.2) is 0 Å². The molecule has 1 aromatic rings. The van der Waals surface area contributed by atoms with E-state index in [0.29, 0.717) is 11.6 Å². The molecule has 1 saturated carbocycles. The number of likely N-dealkylation sites (tertiary alicyclic amines) is 1. The van der Waals surface area contributed by atoms with Crippen molar-refractivity contribution in [2.75, 3.05) is 25.0 Å². The molecule has 24 heavy (non-hydrogen) atoms. The quantitative estimate of drug-likeness (QED) is 0.848. The number of carbonyl (C=O) groups is 1. The molecule has 2 aliphatic rings. The lowest BCUT2D eigenvalue weighted by Crippen LogP contribution is -2.32. The minimum absolute atomic E-state index is 0.347. The van der Waals surface area contributed by atoms with Crippen LogP contribution in [0.5, 0.6) is 0 Å². The van der Waals surface area contributed by atoms with Crippen molar-refractivity contribution in [1.82, 2.24) is 4.90 Å². The van der Waals surface area contributed by atoms with Gasteiger partial charge in [-0.3, -0.25) is 0 Å². The Hall–Kier alpha value is -1.55. The molecule has 2 N–H and O–H groups in total. The number of nitrogens with zero attached hydrogens (tertiary/aromatic N) is 1. The zero-order chi connectivity index (χ0) is 16.8. The third-order valence-electron chi connectivity index (χ3n) is 5.56. The van der Waals surface area contributed by atoms with E-state index >= 15 is 0 Å². The Labute approximate surface area is 145 Å². The van der Waals surface area contributed by atoms with Crippen LogP contribution in [0.15, 0.2) is 24.3 Å². The number of hydrogen-bond donors (Lipinski definition) is 2. The number of carboxylic acid groups (broad SMARTS) is 1. The fourth-order valence-corrected chi connectivity index (χ4v) is 4.16. The van der Waals surface area contributed by atoms with Gasteiger partial charge in [-0.2, -0.15) is 0 Å². The van der Waals surface area contributed by atoms with E-state index in [1.165, 1.54) is 71.0 Å². The molecule has 132 valence electrons. The molecule has 2 fully saturated rings. The summed E-state index contributed by atoms with van der Waals surface area (Å²) >= 11 is 0. The van der Waals surface area contributed by atoms with Crippen LogP contribution in [-0.2, 0) is 0 Å². The summed E-state index contributed by atoms with van der Waals surface area (Å²) < 4.78 is 0. The molecule has 0 aromatic heterocycles. The van der Waals surface area contributed by atoms with Gasteiger partial charge in [0.25, 0.3) is 0 Å². The molecule has 4 heteroatoms. The highest BCUT2D eigenvalue weighted by Gasteiger charge is 2.21. The van der Waals surface area contributed by atoms with Gasteiger partial charge in [0.2, 0.25) is 0 Å². The van der Waals surface area contributed by atoms with E-state index in [2.05, 4.69) is 10.2 Å². The highest BCUT2D eigenvalue weighted by molar-refractivity contribution is 5.87.